The van der Waals surface area contributed by atoms with Gasteiger partial charge in [-0.05, 0) is 64.1 Å². The van der Waals surface area contributed by atoms with Gasteiger partial charge in [-0.2, -0.15) is 0 Å². The third-order valence-corrected chi connectivity index (χ3v) is 5.78. The summed E-state index contributed by atoms with van der Waals surface area (Å²) in [6.45, 7) is 7.30. The number of nitrogens with zero attached hydrogens (tertiary/aromatic N) is 2. The molecule has 1 atom stereocenters. The van der Waals surface area contributed by atoms with Gasteiger partial charge in [0.05, 0.1) is 17.4 Å². The predicted molar refractivity (Wildman–Crippen MR) is 117 cm³/mol. The van der Waals surface area contributed by atoms with Crippen molar-refractivity contribution in [1.29, 1.82) is 0 Å². The molecular formula is C23H23ClN2O5. The number of hydrogen-bond acceptors (Lipinski definition) is 5. The zero-order valence-electron chi connectivity index (χ0n) is 17.8. The van der Waals surface area contributed by atoms with E-state index in [0.29, 0.717) is 40.0 Å². The predicted octanol–water partition coefficient (Wildman–Crippen LogP) is 3.86. The molecule has 0 saturated carbocycles. The number of rotatable bonds is 4. The summed E-state index contributed by atoms with van der Waals surface area (Å²) in [5.41, 5.74) is 0.242. The lowest BCUT2D eigenvalue weighted by molar-refractivity contribution is -0.133. The second kappa shape index (κ2) is 7.57. The van der Waals surface area contributed by atoms with Gasteiger partial charge < -0.3 is 14.4 Å². The molecule has 0 bridgehead atoms. The fourth-order valence-corrected chi connectivity index (χ4v) is 4.09. The van der Waals surface area contributed by atoms with Crippen LogP contribution in [-0.4, -0.2) is 42.4 Å². The maximum absolute atomic E-state index is 13.4. The summed E-state index contributed by atoms with van der Waals surface area (Å²) in [5, 5.41) is 0.433. The van der Waals surface area contributed by atoms with E-state index in [4.69, 9.17) is 21.1 Å². The van der Waals surface area contributed by atoms with Crippen LogP contribution in [0.15, 0.2) is 36.4 Å². The number of Topliss-reactive ketones (excluding diaryl/α,β-unsaturated/α-hetero) is 1. The first-order valence-electron chi connectivity index (χ1n) is 10.1. The van der Waals surface area contributed by atoms with Crippen LogP contribution >= 0.6 is 11.6 Å². The number of amides is 2. The Labute approximate surface area is 185 Å². The fraction of sp³-hybridized carbons (Fsp3) is 0.348. The summed E-state index contributed by atoms with van der Waals surface area (Å²) < 4.78 is 11.3. The van der Waals surface area contributed by atoms with E-state index in [-0.39, 0.29) is 24.2 Å². The van der Waals surface area contributed by atoms with Crippen LogP contribution in [0.4, 0.5) is 11.4 Å². The van der Waals surface area contributed by atoms with Crippen LogP contribution in [0.1, 0.15) is 38.1 Å². The Morgan fingerprint density at radius 1 is 1.13 bits per heavy atom. The van der Waals surface area contributed by atoms with Gasteiger partial charge in [-0.25, -0.2) is 0 Å². The van der Waals surface area contributed by atoms with Crippen LogP contribution in [0.2, 0.25) is 5.02 Å². The molecule has 2 heterocycles. The van der Waals surface area contributed by atoms with Crippen molar-refractivity contribution in [3.8, 4) is 11.5 Å². The van der Waals surface area contributed by atoms with E-state index < -0.39 is 11.6 Å². The third kappa shape index (κ3) is 3.53. The van der Waals surface area contributed by atoms with Crippen LogP contribution in [0.3, 0.4) is 0 Å². The minimum Gasteiger partial charge on any atom is -0.482 e. The maximum atomic E-state index is 13.4. The molecule has 2 amide bonds. The van der Waals surface area contributed by atoms with Crippen molar-refractivity contribution in [2.75, 3.05) is 23.0 Å². The third-order valence-electron chi connectivity index (χ3n) is 5.55. The fourth-order valence-electron chi connectivity index (χ4n) is 3.93. The Balaban J connectivity index is 1.73. The molecule has 4 rings (SSSR count). The zero-order chi connectivity index (χ0) is 22.5. The monoisotopic (exact) mass is 442 g/mol. The van der Waals surface area contributed by atoms with E-state index in [1.807, 2.05) is 6.92 Å². The molecule has 0 saturated heterocycles. The normalized spacial score (nSPS) is 18.0. The number of carbonyl (C=O) groups is 3. The molecule has 2 aliphatic rings. The molecule has 0 spiro atoms. The summed E-state index contributed by atoms with van der Waals surface area (Å²) in [6.07, 6.45) is 0. The first-order valence-corrected chi connectivity index (χ1v) is 10.5. The Bertz CT molecular complexity index is 1100. The smallest absolute Gasteiger partial charge is 0.271 e. The second-order valence-electron chi connectivity index (χ2n) is 8.05. The lowest BCUT2D eigenvalue weighted by atomic mass is 9.97. The van der Waals surface area contributed by atoms with E-state index in [1.165, 1.54) is 4.90 Å². The first-order chi connectivity index (χ1) is 14.6. The highest BCUT2D eigenvalue weighted by molar-refractivity contribution is 6.31. The van der Waals surface area contributed by atoms with Crippen molar-refractivity contribution in [2.24, 2.45) is 0 Å². The second-order valence-corrected chi connectivity index (χ2v) is 8.49. The van der Waals surface area contributed by atoms with Gasteiger partial charge in [-0.3, -0.25) is 19.3 Å². The van der Waals surface area contributed by atoms with Crippen molar-refractivity contribution in [1.82, 2.24) is 0 Å². The van der Waals surface area contributed by atoms with Gasteiger partial charge in [0.15, 0.2) is 18.0 Å². The number of hydrogen-bond donors (Lipinski definition) is 0. The van der Waals surface area contributed by atoms with Crippen LogP contribution in [0.25, 0.3) is 0 Å². The lowest BCUT2D eigenvalue weighted by Crippen LogP contribution is -2.57. The molecule has 8 heteroatoms. The molecule has 2 aromatic rings. The molecule has 2 aromatic carbocycles. The quantitative estimate of drug-likeness (QED) is 0.672. The van der Waals surface area contributed by atoms with Crippen LogP contribution < -0.4 is 19.3 Å². The van der Waals surface area contributed by atoms with Gasteiger partial charge in [0.25, 0.3) is 11.8 Å². The van der Waals surface area contributed by atoms with Crippen molar-refractivity contribution in [3.05, 3.63) is 47.0 Å². The van der Waals surface area contributed by atoms with Crippen LogP contribution in [0.5, 0.6) is 11.5 Å². The van der Waals surface area contributed by atoms with E-state index >= 15 is 0 Å². The van der Waals surface area contributed by atoms with E-state index in [9.17, 15) is 14.4 Å². The summed E-state index contributed by atoms with van der Waals surface area (Å²) in [6, 6.07) is 9.14. The van der Waals surface area contributed by atoms with Gasteiger partial charge in [0.2, 0.25) is 0 Å². The number of halogens is 1. The molecule has 0 fully saturated rings. The van der Waals surface area contributed by atoms with E-state index in [1.54, 1.807) is 62.1 Å². The molecule has 7 nitrogen and oxygen atoms in total. The molecule has 0 N–H and O–H groups in total. The number of likely N-dealkylation sites (N-methyl/N-ethyl adjacent to an activating group) is 1. The van der Waals surface area contributed by atoms with Crippen molar-refractivity contribution in [2.45, 2.75) is 39.3 Å². The zero-order valence-corrected chi connectivity index (χ0v) is 18.5. The van der Waals surface area contributed by atoms with Gasteiger partial charge >= 0.3 is 0 Å². The molecule has 0 aliphatic carbocycles. The highest BCUT2D eigenvalue weighted by Gasteiger charge is 2.44. The highest BCUT2D eigenvalue weighted by Crippen LogP contribution is 2.41. The number of benzene rings is 2. The van der Waals surface area contributed by atoms with Gasteiger partial charge in [0.1, 0.15) is 11.5 Å². The topological polar surface area (TPSA) is 76.2 Å². The Morgan fingerprint density at radius 2 is 1.84 bits per heavy atom. The highest BCUT2D eigenvalue weighted by atomic mass is 35.5. The number of anilines is 2. The van der Waals surface area contributed by atoms with E-state index in [2.05, 4.69) is 0 Å². The SMILES string of the molecule is CCN1C(=O)COc2ccc(C(=O)C(C)N3C(=O)C(C)(C)Oc4ccc(Cl)cc43)cc21. The van der Waals surface area contributed by atoms with Gasteiger partial charge in [-0.1, -0.05) is 11.6 Å². The summed E-state index contributed by atoms with van der Waals surface area (Å²) in [5.74, 6) is 0.256. The largest absolute Gasteiger partial charge is 0.482 e. The summed E-state index contributed by atoms with van der Waals surface area (Å²) in [7, 11) is 0. The average molecular weight is 443 g/mol. The van der Waals surface area contributed by atoms with Crippen LogP contribution in [0, 0.1) is 0 Å². The molecule has 2 aliphatic heterocycles. The first kappa shape index (κ1) is 21.2. The standard InChI is InChI=1S/C23H23ClN2O5/c1-5-25-16-10-14(6-8-18(16)30-12-20(25)27)21(28)13(2)26-17-11-15(24)7-9-19(17)31-23(3,4)22(26)29/h6-11,13H,5,12H2,1-4H3. The van der Waals surface area contributed by atoms with Crippen molar-refractivity contribution < 1.29 is 23.9 Å². The lowest BCUT2D eigenvalue weighted by Gasteiger charge is -2.41. The van der Waals surface area contributed by atoms with Gasteiger partial charge in [-0.15, -0.1) is 0 Å². The maximum Gasteiger partial charge on any atom is 0.271 e. The van der Waals surface area contributed by atoms with E-state index in [0.717, 1.165) is 0 Å². The molecular weight excluding hydrogens is 420 g/mol. The van der Waals surface area contributed by atoms with Crippen molar-refractivity contribution >= 4 is 40.6 Å². The minimum atomic E-state index is -1.13. The van der Waals surface area contributed by atoms with Gasteiger partial charge in [0, 0.05) is 17.1 Å². The molecule has 1 unspecified atom stereocenters. The molecule has 162 valence electrons. The number of ether oxygens (including phenoxy) is 2. The number of ketones is 1. The molecule has 0 radical (unpaired) electrons. The van der Waals surface area contributed by atoms with Crippen LogP contribution in [-0.2, 0) is 9.59 Å². The Hall–Kier alpha value is -3.06. The molecule has 31 heavy (non-hydrogen) atoms. The average Bonchev–Trinajstić information content (AvgIpc) is 2.73. The molecule has 0 aromatic heterocycles. The number of fused-ring (bicyclic) bond motifs is 2. The minimum absolute atomic E-state index is 0.0283. The Kier molecular flexibility index (Phi) is 5.17. The summed E-state index contributed by atoms with van der Waals surface area (Å²) >= 11 is 6.16. The number of carbonyl (C=O) groups excluding carboxylic acids is 3. The van der Waals surface area contributed by atoms with Crippen molar-refractivity contribution in [3.63, 3.8) is 0 Å². The Morgan fingerprint density at radius 3 is 2.55 bits per heavy atom. The summed E-state index contributed by atoms with van der Waals surface area (Å²) in [4.78, 5) is 41.8.